The Labute approximate surface area is 186 Å². The lowest BCUT2D eigenvalue weighted by Gasteiger charge is -2.25. The molecule has 7 heteroatoms. The molecule has 7 nitrogen and oxygen atoms in total. The molecule has 3 rings (SSSR count). The van der Waals surface area contributed by atoms with Crippen LogP contribution in [0.4, 0.5) is 0 Å². The summed E-state index contributed by atoms with van der Waals surface area (Å²) in [4.78, 5) is 38.1. The zero-order chi connectivity index (χ0) is 23.3. The fourth-order valence-electron chi connectivity index (χ4n) is 3.85. The predicted molar refractivity (Wildman–Crippen MR) is 119 cm³/mol. The number of carboxylic acids is 1. The zero-order valence-corrected chi connectivity index (χ0v) is 18.2. The second-order valence-electron chi connectivity index (χ2n) is 7.84. The van der Waals surface area contributed by atoms with Crippen LogP contribution >= 0.6 is 0 Å². The molecule has 1 saturated heterocycles. The lowest BCUT2D eigenvalue weighted by molar-refractivity contribution is -0.140. The van der Waals surface area contributed by atoms with Crippen LogP contribution < -0.4 is 4.74 Å². The summed E-state index contributed by atoms with van der Waals surface area (Å²) in [6.45, 7) is 2.24. The number of aliphatic carboxylic acids is 1. The summed E-state index contributed by atoms with van der Waals surface area (Å²) in [5, 5.41) is 19.8. The van der Waals surface area contributed by atoms with Gasteiger partial charge in [-0.15, -0.1) is 0 Å². The minimum absolute atomic E-state index is 0.0505. The minimum atomic E-state index is -0.857. The zero-order valence-electron chi connectivity index (χ0n) is 18.2. The van der Waals surface area contributed by atoms with Gasteiger partial charge in [-0.1, -0.05) is 36.2 Å². The molecular weight excluding hydrogens is 410 g/mol. The van der Waals surface area contributed by atoms with Crippen molar-refractivity contribution in [3.63, 3.8) is 0 Å². The quantitative estimate of drug-likeness (QED) is 0.265. The molecule has 1 aliphatic heterocycles. The van der Waals surface area contributed by atoms with Crippen molar-refractivity contribution in [1.29, 1.82) is 0 Å². The molecule has 1 amide bonds. The molecule has 2 aromatic carbocycles. The third kappa shape index (κ3) is 4.99. The van der Waals surface area contributed by atoms with Gasteiger partial charge in [0.2, 0.25) is 0 Å². The summed E-state index contributed by atoms with van der Waals surface area (Å²) < 4.78 is 5.15. The van der Waals surface area contributed by atoms with Gasteiger partial charge >= 0.3 is 5.97 Å². The highest BCUT2D eigenvalue weighted by Crippen LogP contribution is 2.39. The van der Waals surface area contributed by atoms with Gasteiger partial charge in [0.05, 0.1) is 18.7 Å². The molecule has 0 aliphatic carbocycles. The van der Waals surface area contributed by atoms with Crippen molar-refractivity contribution < 1.29 is 29.3 Å². The maximum absolute atomic E-state index is 13.0. The molecule has 168 valence electrons. The highest BCUT2D eigenvalue weighted by atomic mass is 16.5. The van der Waals surface area contributed by atoms with E-state index in [1.807, 2.05) is 31.2 Å². The van der Waals surface area contributed by atoms with Crippen LogP contribution in [-0.4, -0.2) is 46.4 Å². The number of aryl methyl sites for hydroxylation is 1. The van der Waals surface area contributed by atoms with E-state index >= 15 is 0 Å². The standard InChI is InChI=1S/C25H27NO6/c1-16-7-9-17(10-8-16)22-21(23(29)18-11-13-19(32-2)14-12-18)24(30)25(31)26(22)15-5-3-4-6-20(27)28/h7-14,22,29H,3-6,15H2,1-2H3,(H,27,28)/b23-21+. The number of unbranched alkanes of at least 4 members (excludes halogenated alkanes) is 2. The molecular formula is C25H27NO6. The Kier molecular flexibility index (Phi) is 7.30. The highest BCUT2D eigenvalue weighted by Gasteiger charge is 2.45. The summed E-state index contributed by atoms with van der Waals surface area (Å²) in [5.74, 6) is -1.87. The first-order valence-corrected chi connectivity index (χ1v) is 10.5. The highest BCUT2D eigenvalue weighted by molar-refractivity contribution is 6.46. The number of aliphatic hydroxyl groups excluding tert-OH is 1. The number of carbonyl (C=O) groups excluding carboxylic acids is 2. The van der Waals surface area contributed by atoms with Crippen LogP contribution in [0.3, 0.4) is 0 Å². The first-order chi connectivity index (χ1) is 15.3. The number of hydrogen-bond donors (Lipinski definition) is 2. The number of Topliss-reactive ketones (excluding diaryl/α,β-unsaturated/α-hetero) is 1. The van der Waals surface area contributed by atoms with Crippen molar-refractivity contribution >= 4 is 23.4 Å². The van der Waals surface area contributed by atoms with Crippen molar-refractivity contribution in [2.45, 2.75) is 38.6 Å². The molecule has 2 aromatic rings. The van der Waals surface area contributed by atoms with Gasteiger partial charge in [-0.05, 0) is 49.6 Å². The second-order valence-corrected chi connectivity index (χ2v) is 7.84. The Morgan fingerprint density at radius 2 is 1.62 bits per heavy atom. The van der Waals surface area contributed by atoms with E-state index in [2.05, 4.69) is 0 Å². The molecule has 1 fully saturated rings. The van der Waals surface area contributed by atoms with Crippen molar-refractivity contribution in [2.24, 2.45) is 0 Å². The van der Waals surface area contributed by atoms with Crippen LogP contribution in [0.2, 0.25) is 0 Å². The van der Waals surface area contributed by atoms with Crippen LogP contribution in [-0.2, 0) is 14.4 Å². The average molecular weight is 437 g/mol. The minimum Gasteiger partial charge on any atom is -0.507 e. The maximum atomic E-state index is 13.0. The number of aliphatic hydroxyl groups is 1. The molecule has 32 heavy (non-hydrogen) atoms. The first-order valence-electron chi connectivity index (χ1n) is 10.5. The van der Waals surface area contributed by atoms with Crippen LogP contribution in [0.1, 0.15) is 48.4 Å². The Morgan fingerprint density at radius 3 is 2.22 bits per heavy atom. The van der Waals surface area contributed by atoms with Gasteiger partial charge in [-0.3, -0.25) is 14.4 Å². The molecule has 0 spiro atoms. The van der Waals surface area contributed by atoms with Gasteiger partial charge in [-0.2, -0.15) is 0 Å². The van der Waals surface area contributed by atoms with Crippen molar-refractivity contribution in [3.8, 4) is 5.75 Å². The fourth-order valence-corrected chi connectivity index (χ4v) is 3.85. The first kappa shape index (κ1) is 23.1. The van der Waals surface area contributed by atoms with Crippen LogP contribution in [0, 0.1) is 6.92 Å². The molecule has 2 N–H and O–H groups in total. The summed E-state index contributed by atoms with van der Waals surface area (Å²) in [6.07, 6.45) is 1.75. The largest absolute Gasteiger partial charge is 0.507 e. The smallest absolute Gasteiger partial charge is 0.303 e. The number of ether oxygens (including phenoxy) is 1. The van der Waals surface area contributed by atoms with E-state index in [1.54, 1.807) is 24.3 Å². The van der Waals surface area contributed by atoms with Crippen molar-refractivity contribution in [1.82, 2.24) is 4.90 Å². The van der Waals surface area contributed by atoms with Gasteiger partial charge in [-0.25, -0.2) is 0 Å². The molecule has 1 heterocycles. The van der Waals surface area contributed by atoms with E-state index in [1.165, 1.54) is 12.0 Å². The number of carboxylic acid groups (broad SMARTS) is 1. The number of rotatable bonds is 9. The van der Waals surface area contributed by atoms with E-state index in [0.717, 1.165) is 11.1 Å². The molecule has 1 unspecified atom stereocenters. The van der Waals surface area contributed by atoms with Gasteiger partial charge < -0.3 is 19.8 Å². The molecule has 0 radical (unpaired) electrons. The summed E-state index contributed by atoms with van der Waals surface area (Å²) in [5.41, 5.74) is 2.24. The van der Waals surface area contributed by atoms with E-state index < -0.39 is 23.7 Å². The number of benzene rings is 2. The summed E-state index contributed by atoms with van der Waals surface area (Å²) >= 11 is 0. The van der Waals surface area contributed by atoms with Crippen LogP contribution in [0.25, 0.3) is 5.76 Å². The van der Waals surface area contributed by atoms with Crippen LogP contribution in [0.15, 0.2) is 54.1 Å². The molecule has 1 aliphatic rings. The predicted octanol–water partition coefficient (Wildman–Crippen LogP) is 4.07. The number of methoxy groups -OCH3 is 1. The van der Waals surface area contributed by atoms with E-state index in [4.69, 9.17) is 9.84 Å². The SMILES string of the molecule is COc1ccc(/C(O)=C2\C(=O)C(=O)N(CCCCCC(=O)O)C2c2ccc(C)cc2)cc1. The van der Waals surface area contributed by atoms with Crippen LogP contribution in [0.5, 0.6) is 5.75 Å². The van der Waals surface area contributed by atoms with Crippen molar-refractivity contribution in [3.05, 3.63) is 70.8 Å². The van der Waals surface area contributed by atoms with Gasteiger partial charge in [0.25, 0.3) is 11.7 Å². The Bertz CT molecular complexity index is 1020. The molecule has 1 atom stereocenters. The number of ketones is 1. The normalized spacial score (nSPS) is 17.6. The van der Waals surface area contributed by atoms with Gasteiger partial charge in [0, 0.05) is 18.5 Å². The topological polar surface area (TPSA) is 104 Å². The van der Waals surface area contributed by atoms with E-state index in [9.17, 15) is 19.5 Å². The fraction of sp³-hybridized carbons (Fsp3) is 0.320. The summed E-state index contributed by atoms with van der Waals surface area (Å²) in [7, 11) is 1.54. The van der Waals surface area contributed by atoms with Crippen molar-refractivity contribution in [2.75, 3.05) is 13.7 Å². The second kappa shape index (κ2) is 10.1. The number of amides is 1. The maximum Gasteiger partial charge on any atom is 0.303 e. The third-order valence-electron chi connectivity index (χ3n) is 5.59. The monoisotopic (exact) mass is 437 g/mol. The molecule has 0 bridgehead atoms. The van der Waals surface area contributed by atoms with E-state index in [-0.39, 0.29) is 17.8 Å². The third-order valence-corrected chi connectivity index (χ3v) is 5.59. The van der Waals surface area contributed by atoms with E-state index in [0.29, 0.717) is 37.1 Å². The summed E-state index contributed by atoms with van der Waals surface area (Å²) in [6, 6.07) is 13.4. The molecule has 0 aromatic heterocycles. The number of carbonyl (C=O) groups is 3. The Hall–Kier alpha value is -3.61. The van der Waals surface area contributed by atoms with Gasteiger partial charge in [0.15, 0.2) is 0 Å². The Balaban J connectivity index is 1.96. The lowest BCUT2D eigenvalue weighted by Crippen LogP contribution is -2.30. The lowest BCUT2D eigenvalue weighted by atomic mass is 9.94. The number of nitrogens with zero attached hydrogens (tertiary/aromatic N) is 1. The number of likely N-dealkylation sites (tertiary alicyclic amines) is 1. The molecule has 0 saturated carbocycles. The Morgan fingerprint density at radius 1 is 0.969 bits per heavy atom. The number of hydrogen-bond acceptors (Lipinski definition) is 5. The average Bonchev–Trinajstić information content (AvgIpc) is 3.03. The van der Waals surface area contributed by atoms with Gasteiger partial charge in [0.1, 0.15) is 11.5 Å².